The first-order valence-corrected chi connectivity index (χ1v) is 10.7. The van der Waals surface area contributed by atoms with Gasteiger partial charge < -0.3 is 14.2 Å². The van der Waals surface area contributed by atoms with Crippen LogP contribution in [0.25, 0.3) is 0 Å². The molecule has 0 saturated heterocycles. The van der Waals surface area contributed by atoms with Gasteiger partial charge in [0.1, 0.15) is 5.75 Å². The summed E-state index contributed by atoms with van der Waals surface area (Å²) in [7, 11) is -3.65. The van der Waals surface area contributed by atoms with Crippen molar-refractivity contribution in [1.82, 2.24) is 4.72 Å². The summed E-state index contributed by atoms with van der Waals surface area (Å²) >= 11 is 0. The van der Waals surface area contributed by atoms with Crippen molar-refractivity contribution in [3.8, 4) is 17.2 Å². The predicted octanol–water partition coefficient (Wildman–Crippen LogP) is 2.69. The Balaban J connectivity index is 1.47. The van der Waals surface area contributed by atoms with Crippen LogP contribution in [0.4, 0.5) is 0 Å². The lowest BCUT2D eigenvalue weighted by Crippen LogP contribution is -2.34. The Morgan fingerprint density at radius 2 is 1.70 bits per heavy atom. The van der Waals surface area contributed by atoms with Gasteiger partial charge in [-0.3, -0.25) is 0 Å². The Kier molecular flexibility index (Phi) is 4.97. The van der Waals surface area contributed by atoms with Gasteiger partial charge in [0.15, 0.2) is 11.5 Å². The second-order valence-electron chi connectivity index (χ2n) is 6.93. The molecule has 2 aliphatic heterocycles. The zero-order valence-electron chi connectivity index (χ0n) is 15.2. The van der Waals surface area contributed by atoms with Crippen molar-refractivity contribution < 1.29 is 22.6 Å². The molecule has 7 heteroatoms. The number of ether oxygens (including phenoxy) is 3. The molecule has 0 bridgehead atoms. The van der Waals surface area contributed by atoms with Crippen LogP contribution in [0.3, 0.4) is 0 Å². The van der Waals surface area contributed by atoms with E-state index in [0.29, 0.717) is 37.7 Å². The topological polar surface area (TPSA) is 73.9 Å². The molecule has 0 fully saturated rings. The second kappa shape index (κ2) is 7.40. The SMILES string of the molecule is CC(Cc1ccc2c(c1)CCO2)NS(=O)(=O)c1ccc2c(c1)OCCCO2. The quantitative estimate of drug-likeness (QED) is 0.851. The average molecular weight is 389 g/mol. The van der Waals surface area contributed by atoms with Crippen molar-refractivity contribution in [3.05, 3.63) is 47.5 Å². The van der Waals surface area contributed by atoms with Crippen LogP contribution in [0.5, 0.6) is 17.2 Å². The van der Waals surface area contributed by atoms with Crippen LogP contribution in [0.2, 0.25) is 0 Å². The number of rotatable bonds is 5. The van der Waals surface area contributed by atoms with E-state index in [1.807, 2.05) is 19.1 Å². The highest BCUT2D eigenvalue weighted by Crippen LogP contribution is 2.32. The number of sulfonamides is 1. The van der Waals surface area contributed by atoms with E-state index in [1.165, 1.54) is 11.6 Å². The van der Waals surface area contributed by atoms with E-state index < -0.39 is 10.0 Å². The monoisotopic (exact) mass is 389 g/mol. The Morgan fingerprint density at radius 3 is 2.56 bits per heavy atom. The highest BCUT2D eigenvalue weighted by atomic mass is 32.2. The summed E-state index contributed by atoms with van der Waals surface area (Å²) in [6.07, 6.45) is 2.29. The van der Waals surface area contributed by atoms with Gasteiger partial charge in [-0.15, -0.1) is 0 Å². The molecule has 2 heterocycles. The van der Waals surface area contributed by atoms with E-state index in [0.717, 1.165) is 24.2 Å². The maximum atomic E-state index is 12.8. The van der Waals surface area contributed by atoms with Crippen LogP contribution >= 0.6 is 0 Å². The minimum atomic E-state index is -3.65. The third kappa shape index (κ3) is 4.04. The Morgan fingerprint density at radius 1 is 0.963 bits per heavy atom. The summed E-state index contributed by atoms with van der Waals surface area (Å²) in [6, 6.07) is 10.5. The first-order valence-electron chi connectivity index (χ1n) is 9.18. The molecule has 1 atom stereocenters. The molecule has 2 aromatic carbocycles. The molecule has 2 aromatic rings. The lowest BCUT2D eigenvalue weighted by molar-refractivity contribution is 0.297. The maximum absolute atomic E-state index is 12.8. The standard InChI is InChI=1S/C20H23NO5S/c1-14(11-15-3-5-18-16(12-15)7-10-26-18)21-27(22,23)17-4-6-19-20(13-17)25-9-2-8-24-19/h3-6,12-14,21H,2,7-11H2,1H3. The summed E-state index contributed by atoms with van der Waals surface area (Å²) in [5.41, 5.74) is 2.28. The van der Waals surface area contributed by atoms with Gasteiger partial charge in [0.25, 0.3) is 0 Å². The third-order valence-electron chi connectivity index (χ3n) is 4.68. The summed E-state index contributed by atoms with van der Waals surface area (Å²) in [6.45, 7) is 3.66. The maximum Gasteiger partial charge on any atom is 0.240 e. The molecular weight excluding hydrogens is 366 g/mol. The van der Waals surface area contributed by atoms with Crippen molar-refractivity contribution in [1.29, 1.82) is 0 Å². The molecule has 0 radical (unpaired) electrons. The largest absolute Gasteiger partial charge is 0.493 e. The lowest BCUT2D eigenvalue weighted by Gasteiger charge is -2.16. The molecular formula is C20H23NO5S. The van der Waals surface area contributed by atoms with Crippen molar-refractivity contribution in [3.63, 3.8) is 0 Å². The van der Waals surface area contributed by atoms with E-state index in [9.17, 15) is 8.42 Å². The normalized spacial score (nSPS) is 16.9. The van der Waals surface area contributed by atoms with Crippen LogP contribution in [0.1, 0.15) is 24.5 Å². The Hall–Kier alpha value is -2.25. The highest BCUT2D eigenvalue weighted by Gasteiger charge is 2.21. The smallest absolute Gasteiger partial charge is 0.240 e. The van der Waals surface area contributed by atoms with Gasteiger partial charge in [-0.2, -0.15) is 0 Å². The zero-order valence-corrected chi connectivity index (χ0v) is 16.1. The van der Waals surface area contributed by atoms with Gasteiger partial charge in [0.2, 0.25) is 10.0 Å². The van der Waals surface area contributed by atoms with Crippen molar-refractivity contribution >= 4 is 10.0 Å². The molecule has 1 unspecified atom stereocenters. The van der Waals surface area contributed by atoms with E-state index in [2.05, 4.69) is 10.8 Å². The Labute approximate surface area is 159 Å². The fourth-order valence-corrected chi connectivity index (χ4v) is 4.66. The molecule has 0 amide bonds. The highest BCUT2D eigenvalue weighted by molar-refractivity contribution is 7.89. The summed E-state index contributed by atoms with van der Waals surface area (Å²) in [4.78, 5) is 0.181. The van der Waals surface area contributed by atoms with Crippen molar-refractivity contribution in [2.75, 3.05) is 19.8 Å². The van der Waals surface area contributed by atoms with E-state index in [1.54, 1.807) is 12.1 Å². The minimum Gasteiger partial charge on any atom is -0.493 e. The number of fused-ring (bicyclic) bond motifs is 2. The minimum absolute atomic E-state index is 0.181. The van der Waals surface area contributed by atoms with E-state index in [4.69, 9.17) is 14.2 Å². The van der Waals surface area contributed by atoms with Crippen LogP contribution in [0, 0.1) is 0 Å². The molecule has 6 nitrogen and oxygen atoms in total. The van der Waals surface area contributed by atoms with Gasteiger partial charge >= 0.3 is 0 Å². The fourth-order valence-electron chi connectivity index (χ4n) is 3.41. The first-order chi connectivity index (χ1) is 13.0. The lowest BCUT2D eigenvalue weighted by atomic mass is 10.0. The number of nitrogens with one attached hydrogen (secondary N) is 1. The molecule has 4 rings (SSSR count). The summed E-state index contributed by atoms with van der Waals surface area (Å²) in [5, 5.41) is 0. The van der Waals surface area contributed by atoms with Crippen LogP contribution in [0.15, 0.2) is 41.3 Å². The number of benzene rings is 2. The van der Waals surface area contributed by atoms with Gasteiger partial charge in [0.05, 0.1) is 24.7 Å². The number of hydrogen-bond acceptors (Lipinski definition) is 5. The Bertz CT molecular complexity index is 941. The van der Waals surface area contributed by atoms with E-state index in [-0.39, 0.29) is 10.9 Å². The molecule has 0 saturated carbocycles. The third-order valence-corrected chi connectivity index (χ3v) is 6.27. The average Bonchev–Trinajstić information content (AvgIpc) is 2.96. The summed E-state index contributed by atoms with van der Waals surface area (Å²) in [5.74, 6) is 1.99. The molecule has 27 heavy (non-hydrogen) atoms. The van der Waals surface area contributed by atoms with Crippen LogP contribution in [-0.2, 0) is 22.9 Å². The molecule has 0 aliphatic carbocycles. The first kappa shape index (κ1) is 18.1. The molecule has 0 spiro atoms. The van der Waals surface area contributed by atoms with Gasteiger partial charge in [0, 0.05) is 24.9 Å². The summed E-state index contributed by atoms with van der Waals surface area (Å²) < 4.78 is 45.0. The van der Waals surface area contributed by atoms with Crippen LogP contribution in [-0.4, -0.2) is 34.3 Å². The van der Waals surface area contributed by atoms with Gasteiger partial charge in [-0.05, 0) is 42.7 Å². The molecule has 144 valence electrons. The van der Waals surface area contributed by atoms with Crippen molar-refractivity contribution in [2.45, 2.75) is 37.1 Å². The van der Waals surface area contributed by atoms with Gasteiger partial charge in [-0.25, -0.2) is 13.1 Å². The molecule has 1 N–H and O–H groups in total. The number of hydrogen-bond donors (Lipinski definition) is 1. The second-order valence-corrected chi connectivity index (χ2v) is 8.64. The predicted molar refractivity (Wildman–Crippen MR) is 101 cm³/mol. The zero-order chi connectivity index (χ0) is 18.9. The molecule has 0 aromatic heterocycles. The van der Waals surface area contributed by atoms with Gasteiger partial charge in [-0.1, -0.05) is 12.1 Å². The molecule has 2 aliphatic rings. The fraction of sp³-hybridized carbons (Fsp3) is 0.400. The van der Waals surface area contributed by atoms with Crippen molar-refractivity contribution in [2.24, 2.45) is 0 Å². The van der Waals surface area contributed by atoms with Crippen LogP contribution < -0.4 is 18.9 Å². The van der Waals surface area contributed by atoms with E-state index >= 15 is 0 Å².